The number of rotatable bonds is 3. The predicted molar refractivity (Wildman–Crippen MR) is 102 cm³/mol. The molecule has 1 amide bonds. The third-order valence-electron chi connectivity index (χ3n) is 4.19. The molecule has 2 unspecified atom stereocenters. The second-order valence-electron chi connectivity index (χ2n) is 6.15. The third-order valence-corrected chi connectivity index (χ3v) is 5.50. The predicted octanol–water partition coefficient (Wildman–Crippen LogP) is 3.42. The first-order chi connectivity index (χ1) is 12.4. The summed E-state index contributed by atoms with van der Waals surface area (Å²) in [6.45, 7) is 1.93. The van der Waals surface area contributed by atoms with Crippen LogP contribution in [0, 0.1) is 0 Å². The third kappa shape index (κ3) is 3.27. The molecule has 0 aliphatic carbocycles. The van der Waals surface area contributed by atoms with Crippen molar-refractivity contribution in [2.75, 3.05) is 14.1 Å². The molecule has 26 heavy (non-hydrogen) atoms. The van der Waals surface area contributed by atoms with E-state index in [0.29, 0.717) is 17.8 Å². The number of likely N-dealkylation sites (N-methyl/N-ethyl adjacent to an activating group) is 1. The van der Waals surface area contributed by atoms with E-state index in [4.69, 9.17) is 4.18 Å². The summed E-state index contributed by atoms with van der Waals surface area (Å²) in [5.74, 6) is -0.127. The Morgan fingerprint density at radius 2 is 1.69 bits per heavy atom. The summed E-state index contributed by atoms with van der Waals surface area (Å²) in [6.07, 6.45) is 0.500. The molecule has 2 aromatic carbocycles. The van der Waals surface area contributed by atoms with Crippen molar-refractivity contribution in [2.24, 2.45) is 8.76 Å². The molecule has 0 radical (unpaired) electrons. The van der Waals surface area contributed by atoms with Gasteiger partial charge in [-0.2, -0.15) is 4.21 Å². The zero-order valence-electron chi connectivity index (χ0n) is 15.0. The van der Waals surface area contributed by atoms with E-state index in [-0.39, 0.29) is 0 Å². The maximum absolute atomic E-state index is 13.2. The van der Waals surface area contributed by atoms with Crippen LogP contribution in [-0.2, 0) is 20.0 Å². The largest absolute Gasteiger partial charge is 0.363 e. The van der Waals surface area contributed by atoms with Gasteiger partial charge in [-0.05, 0) is 24.1 Å². The molecule has 2 atom stereocenters. The first-order valence-corrected chi connectivity index (χ1v) is 9.70. The second-order valence-corrected chi connectivity index (χ2v) is 7.58. The molecule has 0 saturated carbocycles. The van der Waals surface area contributed by atoms with Gasteiger partial charge in [-0.3, -0.25) is 4.79 Å². The molecule has 7 heteroatoms. The van der Waals surface area contributed by atoms with Gasteiger partial charge in [0.05, 0.1) is 0 Å². The molecular weight excluding hydrogens is 350 g/mol. The Balaban J connectivity index is 2.10. The first kappa shape index (κ1) is 18.3. The van der Waals surface area contributed by atoms with Crippen LogP contribution >= 0.6 is 0 Å². The van der Waals surface area contributed by atoms with Crippen LogP contribution in [0.1, 0.15) is 29.3 Å². The lowest BCUT2D eigenvalue weighted by molar-refractivity contribution is 0.1000. The zero-order chi connectivity index (χ0) is 18.8. The van der Waals surface area contributed by atoms with Crippen LogP contribution in [0.4, 0.5) is 0 Å². The molecule has 2 aromatic rings. The van der Waals surface area contributed by atoms with Gasteiger partial charge >= 0.3 is 0 Å². The van der Waals surface area contributed by atoms with Gasteiger partial charge in [-0.15, -0.1) is 8.76 Å². The first-order valence-electron chi connectivity index (χ1n) is 8.30. The van der Waals surface area contributed by atoms with Crippen LogP contribution < -0.4 is 0 Å². The fourth-order valence-electron chi connectivity index (χ4n) is 2.95. The van der Waals surface area contributed by atoms with Gasteiger partial charge in [0, 0.05) is 19.7 Å². The minimum atomic E-state index is -3.54. The van der Waals surface area contributed by atoms with E-state index in [0.717, 1.165) is 5.56 Å². The molecule has 1 aliphatic heterocycles. The number of amidine groups is 1. The monoisotopic (exact) mass is 371 g/mol. The van der Waals surface area contributed by atoms with Crippen molar-refractivity contribution in [2.45, 2.75) is 18.9 Å². The molecule has 3 rings (SSSR count). The molecule has 0 bridgehead atoms. The number of benzene rings is 2. The molecule has 0 spiro atoms. The SMILES string of the molecule is CCC1(c2ccccc2)OS(=O)(=NC(=O)c2ccccc2)N=C1N(C)C. The van der Waals surface area contributed by atoms with Crippen LogP contribution in [0.3, 0.4) is 0 Å². The van der Waals surface area contributed by atoms with Crippen molar-refractivity contribution in [3.05, 3.63) is 71.8 Å². The summed E-state index contributed by atoms with van der Waals surface area (Å²) in [7, 11) is 0.0692. The van der Waals surface area contributed by atoms with Gasteiger partial charge in [0.2, 0.25) is 0 Å². The van der Waals surface area contributed by atoms with E-state index in [2.05, 4.69) is 8.76 Å². The highest BCUT2D eigenvalue weighted by Crippen LogP contribution is 2.40. The number of carbonyl (C=O) groups excluding carboxylic acids is 1. The standard InChI is InChI=1S/C19H21N3O3S/c1-4-19(16-13-9-6-10-14-16)18(22(2)3)21-26(24,25-19)20-17(23)15-11-7-5-8-12-15/h5-14H,4H2,1-3H3. The van der Waals surface area contributed by atoms with E-state index in [1.54, 1.807) is 49.3 Å². The number of amides is 1. The second kappa shape index (κ2) is 7.01. The van der Waals surface area contributed by atoms with E-state index in [1.165, 1.54) is 0 Å². The van der Waals surface area contributed by atoms with E-state index in [9.17, 15) is 9.00 Å². The smallest absolute Gasteiger partial charge is 0.288 e. The zero-order valence-corrected chi connectivity index (χ0v) is 15.8. The summed E-state index contributed by atoms with van der Waals surface area (Å²) in [4.78, 5) is 14.2. The van der Waals surface area contributed by atoms with Crippen LogP contribution in [0.2, 0.25) is 0 Å². The summed E-state index contributed by atoms with van der Waals surface area (Å²) < 4.78 is 27.2. The van der Waals surface area contributed by atoms with Crippen molar-refractivity contribution in [1.82, 2.24) is 4.90 Å². The number of nitrogens with zero attached hydrogens (tertiary/aromatic N) is 3. The maximum atomic E-state index is 13.2. The van der Waals surface area contributed by atoms with Crippen molar-refractivity contribution < 1.29 is 13.2 Å². The van der Waals surface area contributed by atoms with E-state index < -0.39 is 21.7 Å². The number of hydrogen-bond donors (Lipinski definition) is 0. The molecule has 6 nitrogen and oxygen atoms in total. The Bertz CT molecular complexity index is 949. The maximum Gasteiger partial charge on any atom is 0.288 e. The molecule has 1 aliphatic rings. The quantitative estimate of drug-likeness (QED) is 0.829. The molecular formula is C19H21N3O3S. The van der Waals surface area contributed by atoms with Crippen LogP contribution in [-0.4, -0.2) is 34.9 Å². The van der Waals surface area contributed by atoms with Crippen LogP contribution in [0.5, 0.6) is 0 Å². The average Bonchev–Trinajstić information content (AvgIpc) is 2.97. The highest BCUT2D eigenvalue weighted by atomic mass is 32.2. The lowest BCUT2D eigenvalue weighted by Crippen LogP contribution is -2.42. The minimum Gasteiger partial charge on any atom is -0.363 e. The highest BCUT2D eigenvalue weighted by Gasteiger charge is 2.48. The highest BCUT2D eigenvalue weighted by molar-refractivity contribution is 7.88. The molecule has 136 valence electrons. The number of carbonyl (C=O) groups is 1. The Morgan fingerprint density at radius 3 is 2.23 bits per heavy atom. The van der Waals surface area contributed by atoms with Gasteiger partial charge < -0.3 is 4.90 Å². The molecule has 0 fully saturated rings. The fourth-order valence-corrected chi connectivity index (χ4v) is 4.57. The minimum absolute atomic E-state index is 0.342. The average molecular weight is 371 g/mol. The Kier molecular flexibility index (Phi) is 4.93. The van der Waals surface area contributed by atoms with Crippen molar-refractivity contribution >= 4 is 21.9 Å². The fraction of sp³-hybridized carbons (Fsp3) is 0.263. The van der Waals surface area contributed by atoms with Crippen molar-refractivity contribution in [3.8, 4) is 0 Å². The summed E-state index contributed by atoms with van der Waals surface area (Å²) in [5.41, 5.74) is 0.152. The summed E-state index contributed by atoms with van der Waals surface area (Å²) >= 11 is 0. The van der Waals surface area contributed by atoms with Crippen molar-refractivity contribution in [3.63, 3.8) is 0 Å². The molecule has 1 heterocycles. The Hall–Kier alpha value is -2.51. The van der Waals surface area contributed by atoms with Gasteiger partial charge in [0.1, 0.15) is 0 Å². The van der Waals surface area contributed by atoms with Gasteiger partial charge in [0.15, 0.2) is 11.4 Å². The van der Waals surface area contributed by atoms with Gasteiger partial charge in [0.25, 0.3) is 16.1 Å². The van der Waals surface area contributed by atoms with Crippen LogP contribution in [0.25, 0.3) is 0 Å². The number of hydrogen-bond acceptors (Lipinski definition) is 4. The lowest BCUT2D eigenvalue weighted by atomic mass is 9.89. The molecule has 0 saturated heterocycles. The molecule has 0 aromatic heterocycles. The van der Waals surface area contributed by atoms with Crippen LogP contribution in [0.15, 0.2) is 69.4 Å². The summed E-state index contributed by atoms with van der Waals surface area (Å²) in [6, 6.07) is 17.9. The van der Waals surface area contributed by atoms with E-state index >= 15 is 0 Å². The Morgan fingerprint density at radius 1 is 1.12 bits per heavy atom. The Labute approximate surface area is 154 Å². The van der Waals surface area contributed by atoms with Gasteiger partial charge in [-0.1, -0.05) is 55.5 Å². The normalized spacial score (nSPS) is 24.8. The van der Waals surface area contributed by atoms with E-state index in [1.807, 2.05) is 37.3 Å². The topological polar surface area (TPSA) is 71.3 Å². The summed E-state index contributed by atoms with van der Waals surface area (Å²) in [5, 5.41) is 0. The van der Waals surface area contributed by atoms with Crippen molar-refractivity contribution in [1.29, 1.82) is 0 Å². The van der Waals surface area contributed by atoms with Gasteiger partial charge in [-0.25, -0.2) is 4.18 Å². The lowest BCUT2D eigenvalue weighted by Gasteiger charge is -2.31. The molecule has 0 N–H and O–H groups in total.